The minimum Gasteiger partial charge on any atom is -0.496 e. The van der Waals surface area contributed by atoms with Crippen molar-refractivity contribution in [2.45, 2.75) is 6.54 Å². The van der Waals surface area contributed by atoms with Crippen molar-refractivity contribution in [1.82, 2.24) is 4.90 Å². The quantitative estimate of drug-likeness (QED) is 0.769. The van der Waals surface area contributed by atoms with E-state index in [0.717, 1.165) is 16.3 Å². The summed E-state index contributed by atoms with van der Waals surface area (Å²) in [5.74, 6) is 0.531. The molecule has 0 aromatic heterocycles. The molecule has 0 unspecified atom stereocenters. The number of carbonyl (C=O) groups is 1. The molecule has 0 saturated heterocycles. The smallest absolute Gasteiger partial charge is 0.253 e. The van der Waals surface area contributed by atoms with Crippen LogP contribution < -0.4 is 9.46 Å². The zero-order valence-corrected chi connectivity index (χ0v) is 16.5. The SMILES string of the molecule is COc1ccc(Br)cc1CN(C)C(=O)c1ccc(NS(C)(=O)=O)cc1. The van der Waals surface area contributed by atoms with Gasteiger partial charge in [-0.25, -0.2) is 8.42 Å². The van der Waals surface area contributed by atoms with Crippen LogP contribution in [0.2, 0.25) is 0 Å². The first-order valence-electron chi connectivity index (χ1n) is 7.35. The van der Waals surface area contributed by atoms with Crippen molar-refractivity contribution < 1.29 is 17.9 Å². The lowest BCUT2D eigenvalue weighted by Gasteiger charge is -2.19. The van der Waals surface area contributed by atoms with Gasteiger partial charge < -0.3 is 9.64 Å². The van der Waals surface area contributed by atoms with Crippen LogP contribution in [-0.2, 0) is 16.6 Å². The molecular weight excluding hydrogens is 408 g/mol. The zero-order valence-electron chi connectivity index (χ0n) is 14.1. The molecule has 8 heteroatoms. The van der Waals surface area contributed by atoms with Crippen molar-refractivity contribution >= 4 is 37.5 Å². The van der Waals surface area contributed by atoms with Crippen molar-refractivity contribution in [3.05, 3.63) is 58.1 Å². The number of nitrogens with one attached hydrogen (secondary N) is 1. The fourth-order valence-corrected chi connectivity index (χ4v) is 3.29. The van der Waals surface area contributed by atoms with E-state index in [1.807, 2.05) is 18.2 Å². The number of anilines is 1. The van der Waals surface area contributed by atoms with Crippen molar-refractivity contribution in [2.24, 2.45) is 0 Å². The number of hydrogen-bond donors (Lipinski definition) is 1. The molecule has 6 nitrogen and oxygen atoms in total. The van der Waals surface area contributed by atoms with Gasteiger partial charge in [0.05, 0.1) is 13.4 Å². The second-order valence-corrected chi connectivity index (χ2v) is 8.23. The first-order chi connectivity index (χ1) is 11.7. The number of ether oxygens (including phenoxy) is 1. The number of amides is 1. The summed E-state index contributed by atoms with van der Waals surface area (Å²) in [5.41, 5.74) is 1.76. The lowest BCUT2D eigenvalue weighted by atomic mass is 10.1. The second-order valence-electron chi connectivity index (χ2n) is 5.57. The topological polar surface area (TPSA) is 75.7 Å². The van der Waals surface area contributed by atoms with Gasteiger partial charge >= 0.3 is 0 Å². The molecule has 0 fully saturated rings. The lowest BCUT2D eigenvalue weighted by Crippen LogP contribution is -2.26. The van der Waals surface area contributed by atoms with Crippen LogP contribution in [0.15, 0.2) is 46.9 Å². The van der Waals surface area contributed by atoms with Gasteiger partial charge in [0.1, 0.15) is 5.75 Å². The molecule has 1 N–H and O–H groups in total. The van der Waals surface area contributed by atoms with Crippen molar-refractivity contribution in [1.29, 1.82) is 0 Å². The van der Waals surface area contributed by atoms with Gasteiger partial charge in [0.15, 0.2) is 0 Å². The molecule has 0 radical (unpaired) electrons. The van der Waals surface area contributed by atoms with Crippen LogP contribution in [0.5, 0.6) is 5.75 Å². The Morgan fingerprint density at radius 3 is 2.40 bits per heavy atom. The highest BCUT2D eigenvalue weighted by Crippen LogP contribution is 2.24. The first kappa shape index (κ1) is 19.3. The molecule has 0 aliphatic carbocycles. The molecule has 0 bridgehead atoms. The molecular formula is C17H19BrN2O4S. The molecule has 0 spiro atoms. The molecule has 0 aliphatic rings. The van der Waals surface area contributed by atoms with E-state index >= 15 is 0 Å². The highest BCUT2D eigenvalue weighted by molar-refractivity contribution is 9.10. The third kappa shape index (κ3) is 5.47. The van der Waals surface area contributed by atoms with Gasteiger partial charge in [0.2, 0.25) is 10.0 Å². The number of carbonyl (C=O) groups excluding carboxylic acids is 1. The average molecular weight is 427 g/mol. The second kappa shape index (κ2) is 7.88. The standard InChI is InChI=1S/C17H19BrN2O4S/c1-20(11-13-10-14(18)6-9-16(13)24-2)17(21)12-4-7-15(8-5-12)19-25(3,22)23/h4-10,19H,11H2,1-3H3. The van der Waals surface area contributed by atoms with Gasteiger partial charge in [-0.3, -0.25) is 9.52 Å². The molecule has 0 aliphatic heterocycles. The maximum Gasteiger partial charge on any atom is 0.253 e. The van der Waals surface area contributed by atoms with E-state index in [0.29, 0.717) is 23.5 Å². The van der Waals surface area contributed by atoms with Gasteiger partial charge in [-0.2, -0.15) is 0 Å². The summed E-state index contributed by atoms with van der Waals surface area (Å²) in [5, 5.41) is 0. The van der Waals surface area contributed by atoms with E-state index < -0.39 is 10.0 Å². The Kier molecular flexibility index (Phi) is 6.07. The third-order valence-electron chi connectivity index (χ3n) is 3.43. The largest absolute Gasteiger partial charge is 0.496 e. The van der Waals surface area contributed by atoms with Crippen LogP contribution >= 0.6 is 15.9 Å². The number of rotatable bonds is 6. The summed E-state index contributed by atoms with van der Waals surface area (Å²) < 4.78 is 31.0. The fourth-order valence-electron chi connectivity index (χ4n) is 2.31. The molecule has 1 amide bonds. The van der Waals surface area contributed by atoms with E-state index in [2.05, 4.69) is 20.7 Å². The van der Waals surface area contributed by atoms with Gasteiger partial charge in [-0.15, -0.1) is 0 Å². The van der Waals surface area contributed by atoms with E-state index in [-0.39, 0.29) is 5.91 Å². The molecule has 0 atom stereocenters. The average Bonchev–Trinajstić information content (AvgIpc) is 2.53. The molecule has 2 aromatic rings. The summed E-state index contributed by atoms with van der Waals surface area (Å²) in [4.78, 5) is 14.1. The summed E-state index contributed by atoms with van der Waals surface area (Å²) in [6, 6.07) is 11.9. The summed E-state index contributed by atoms with van der Waals surface area (Å²) >= 11 is 3.41. The molecule has 0 heterocycles. The van der Waals surface area contributed by atoms with Crippen LogP contribution in [0.25, 0.3) is 0 Å². The number of sulfonamides is 1. The normalized spacial score (nSPS) is 11.0. The van der Waals surface area contributed by atoms with Crippen LogP contribution in [0, 0.1) is 0 Å². The molecule has 2 rings (SSSR count). The minimum atomic E-state index is -3.34. The third-order valence-corrected chi connectivity index (χ3v) is 4.53. The van der Waals surface area contributed by atoms with Crippen molar-refractivity contribution in [2.75, 3.05) is 25.1 Å². The Balaban J connectivity index is 2.13. The van der Waals surface area contributed by atoms with Crippen LogP contribution in [0.3, 0.4) is 0 Å². The highest BCUT2D eigenvalue weighted by atomic mass is 79.9. The molecule has 2 aromatic carbocycles. The minimum absolute atomic E-state index is 0.173. The molecule has 0 saturated carbocycles. The van der Waals surface area contributed by atoms with Crippen molar-refractivity contribution in [3.8, 4) is 5.75 Å². The number of benzene rings is 2. The predicted molar refractivity (Wildman–Crippen MR) is 101 cm³/mol. The van der Waals surface area contributed by atoms with Gasteiger partial charge in [-0.05, 0) is 42.5 Å². The van der Waals surface area contributed by atoms with Gasteiger partial charge in [-0.1, -0.05) is 15.9 Å². The molecule has 134 valence electrons. The van der Waals surface area contributed by atoms with E-state index in [9.17, 15) is 13.2 Å². The van der Waals surface area contributed by atoms with Crippen LogP contribution in [-0.4, -0.2) is 39.6 Å². The monoisotopic (exact) mass is 426 g/mol. The number of halogens is 1. The molecule has 25 heavy (non-hydrogen) atoms. The Hall–Kier alpha value is -2.06. The van der Waals surface area contributed by atoms with Gasteiger partial charge in [0.25, 0.3) is 5.91 Å². The lowest BCUT2D eigenvalue weighted by molar-refractivity contribution is 0.0784. The summed E-state index contributed by atoms with van der Waals surface area (Å²) in [6.45, 7) is 0.380. The van der Waals surface area contributed by atoms with Crippen LogP contribution in [0.4, 0.5) is 5.69 Å². The number of nitrogens with zero attached hydrogens (tertiary/aromatic N) is 1. The van der Waals surface area contributed by atoms with Crippen LogP contribution in [0.1, 0.15) is 15.9 Å². The highest BCUT2D eigenvalue weighted by Gasteiger charge is 2.15. The van der Waals surface area contributed by atoms with Gasteiger partial charge in [0, 0.05) is 34.9 Å². The van der Waals surface area contributed by atoms with Crippen molar-refractivity contribution in [3.63, 3.8) is 0 Å². The Morgan fingerprint density at radius 2 is 1.84 bits per heavy atom. The van der Waals surface area contributed by atoms with E-state index in [1.165, 1.54) is 0 Å². The van der Waals surface area contributed by atoms with E-state index in [4.69, 9.17) is 4.74 Å². The Morgan fingerprint density at radius 1 is 1.20 bits per heavy atom. The zero-order chi connectivity index (χ0) is 18.6. The summed E-state index contributed by atoms with van der Waals surface area (Å²) in [7, 11) is -0.0576. The maximum atomic E-state index is 12.6. The van der Waals surface area contributed by atoms with E-state index in [1.54, 1.807) is 43.3 Å². The maximum absolute atomic E-state index is 12.6. The first-order valence-corrected chi connectivity index (χ1v) is 10.0. The predicted octanol–water partition coefficient (Wildman–Crippen LogP) is 3.10. The number of methoxy groups -OCH3 is 1. The summed E-state index contributed by atoms with van der Waals surface area (Å²) in [6.07, 6.45) is 1.07. The Labute approximate surface area is 156 Å². The Bertz CT molecular complexity index is 867. The fraction of sp³-hybridized carbons (Fsp3) is 0.235. The number of hydrogen-bond acceptors (Lipinski definition) is 4.